The molecule has 2 amide bonds. The van der Waals surface area contributed by atoms with Crippen LogP contribution in [0.15, 0.2) is 78.9 Å². The van der Waals surface area contributed by atoms with Gasteiger partial charge in [0.25, 0.3) is 0 Å². The Morgan fingerprint density at radius 1 is 0.967 bits per heavy atom. The first-order valence-electron chi connectivity index (χ1n) is 20.7. The summed E-state index contributed by atoms with van der Waals surface area (Å²) < 4.78 is 25.0. The molecule has 7 atom stereocenters. The van der Waals surface area contributed by atoms with Crippen LogP contribution in [0.5, 0.6) is 5.75 Å². The van der Waals surface area contributed by atoms with Crippen molar-refractivity contribution in [3.05, 3.63) is 107 Å². The van der Waals surface area contributed by atoms with Crippen LogP contribution in [-0.4, -0.2) is 100 Å². The number of nitrogens with one attached hydrogen (secondary N) is 2. The van der Waals surface area contributed by atoms with Crippen LogP contribution >= 0.6 is 0 Å². The first-order valence-corrected chi connectivity index (χ1v) is 20.7. The molecule has 2 aliphatic carbocycles. The van der Waals surface area contributed by atoms with E-state index in [1.165, 1.54) is 5.06 Å². The van der Waals surface area contributed by atoms with Crippen LogP contribution < -0.4 is 10.6 Å². The van der Waals surface area contributed by atoms with Crippen LogP contribution in [0.1, 0.15) is 74.3 Å². The van der Waals surface area contributed by atoms with Crippen LogP contribution in [0.2, 0.25) is 0 Å². The molecular formula is C46H53N3O11. The van der Waals surface area contributed by atoms with E-state index < -0.39 is 77.1 Å². The number of carbonyl (C=O) groups excluding carboxylic acids is 4. The molecule has 8 rings (SSSR count). The Bertz CT molecular complexity index is 2110. The van der Waals surface area contributed by atoms with Crippen LogP contribution in [0.4, 0.5) is 0 Å². The first-order chi connectivity index (χ1) is 28.8. The Morgan fingerprint density at radius 3 is 2.37 bits per heavy atom. The number of phenolic OH excluding ortho intramolecular Hbond substituents is 1. The molecule has 2 bridgehead atoms. The number of allylic oxidation sites excluding steroid dienone is 1. The van der Waals surface area contributed by atoms with Gasteiger partial charge < -0.3 is 39.8 Å². The number of aliphatic hydroxyl groups excluding tert-OH is 1. The molecule has 0 aromatic heterocycles. The van der Waals surface area contributed by atoms with Gasteiger partial charge in [0, 0.05) is 38.6 Å². The van der Waals surface area contributed by atoms with E-state index in [2.05, 4.69) is 10.6 Å². The smallest absolute Gasteiger partial charge is 0.327 e. The number of hydrogen-bond donors (Lipinski definition) is 4. The fraction of sp³-hybridized carbons (Fsp3) is 0.478. The van der Waals surface area contributed by atoms with Gasteiger partial charge in [-0.1, -0.05) is 78.9 Å². The Hall–Kier alpha value is -5.12. The number of rotatable bonds is 14. The maximum absolute atomic E-state index is 14.7. The number of phenols is 1. The van der Waals surface area contributed by atoms with Gasteiger partial charge >= 0.3 is 11.9 Å². The normalized spacial score (nSPS) is 26.7. The van der Waals surface area contributed by atoms with Gasteiger partial charge in [0.2, 0.25) is 11.8 Å². The highest BCUT2D eigenvalue weighted by Gasteiger charge is 2.76. The van der Waals surface area contributed by atoms with E-state index in [0.29, 0.717) is 19.3 Å². The second-order valence-corrected chi connectivity index (χ2v) is 17.5. The van der Waals surface area contributed by atoms with E-state index in [-0.39, 0.29) is 51.1 Å². The van der Waals surface area contributed by atoms with E-state index >= 15 is 0 Å². The summed E-state index contributed by atoms with van der Waals surface area (Å²) in [6.45, 7) is 5.03. The molecule has 1 spiro atoms. The molecule has 14 nitrogen and oxygen atoms in total. The van der Waals surface area contributed by atoms with Gasteiger partial charge in [-0.3, -0.25) is 24.0 Å². The zero-order chi connectivity index (χ0) is 42.2. The predicted octanol–water partition coefficient (Wildman–Crippen LogP) is 3.83. The molecule has 3 aromatic rings. The lowest BCUT2D eigenvalue weighted by molar-refractivity contribution is -0.217. The number of nitrogens with zero attached hydrogens (tertiary/aromatic N) is 1. The number of aliphatic hydroxyl groups is 1. The topological polar surface area (TPSA) is 182 Å². The quantitative estimate of drug-likeness (QED) is 0.173. The summed E-state index contributed by atoms with van der Waals surface area (Å²) in [6.07, 6.45) is 2.67. The van der Waals surface area contributed by atoms with Crippen molar-refractivity contribution in [3.8, 4) is 5.75 Å². The third-order valence-electron chi connectivity index (χ3n) is 12.0. The minimum Gasteiger partial charge on any atom is -0.508 e. The summed E-state index contributed by atoms with van der Waals surface area (Å²) in [6, 6.07) is 21.2. The third kappa shape index (κ3) is 8.44. The molecule has 3 aromatic carbocycles. The maximum atomic E-state index is 14.7. The van der Waals surface area contributed by atoms with E-state index in [4.69, 9.17) is 23.8 Å². The molecule has 318 valence electrons. The lowest BCUT2D eigenvalue weighted by atomic mass is 9.62. The van der Waals surface area contributed by atoms with Crippen molar-refractivity contribution in [3.63, 3.8) is 0 Å². The zero-order valence-electron chi connectivity index (χ0n) is 34.1. The SMILES string of the molecule is CC(C)(C)OC(=O)CC[C@@H](CO)NC(=O)CCNC(=O)[C@@]12C[C@H]3OC(=O)[C@@H]1N(Cc1ccc(C=CCc4ccccc4O)cc1)O[C@@H]2[C@H]1OC2(Cc4ccccc4C2)O[C@H]13. The van der Waals surface area contributed by atoms with E-state index in [1.807, 2.05) is 72.8 Å². The number of fused-ring (bicyclic) bond motifs is 5. The summed E-state index contributed by atoms with van der Waals surface area (Å²) in [7, 11) is 0. The minimum atomic E-state index is -1.43. The van der Waals surface area contributed by atoms with E-state index in [9.17, 15) is 29.4 Å². The summed E-state index contributed by atoms with van der Waals surface area (Å²) in [4.78, 5) is 60.7. The van der Waals surface area contributed by atoms with Gasteiger partial charge in [0.15, 0.2) is 11.8 Å². The van der Waals surface area contributed by atoms with Crippen LogP contribution in [0, 0.1) is 5.41 Å². The number of hydrogen-bond acceptors (Lipinski definition) is 12. The number of esters is 2. The second kappa shape index (κ2) is 16.7. The lowest BCUT2D eigenvalue weighted by Crippen LogP contribution is -2.69. The van der Waals surface area contributed by atoms with Crippen molar-refractivity contribution >= 4 is 29.8 Å². The molecule has 4 N–H and O–H groups in total. The largest absolute Gasteiger partial charge is 0.508 e. The molecule has 14 heteroatoms. The average Bonchev–Trinajstić information content (AvgIpc) is 3.88. The number of amides is 2. The highest BCUT2D eigenvalue weighted by Crippen LogP contribution is 2.58. The number of carbonyl (C=O) groups is 4. The van der Waals surface area contributed by atoms with Crippen molar-refractivity contribution in [2.45, 2.75) is 120 Å². The summed E-state index contributed by atoms with van der Waals surface area (Å²) >= 11 is 0. The Kier molecular flexibility index (Phi) is 11.6. The number of benzene rings is 3. The third-order valence-corrected chi connectivity index (χ3v) is 12.0. The van der Waals surface area contributed by atoms with Crippen LogP contribution in [0.25, 0.3) is 6.08 Å². The van der Waals surface area contributed by atoms with Crippen LogP contribution in [-0.2, 0) is 68.8 Å². The Balaban J connectivity index is 0.977. The van der Waals surface area contributed by atoms with Gasteiger partial charge in [-0.25, -0.2) is 0 Å². The molecule has 60 heavy (non-hydrogen) atoms. The molecule has 3 heterocycles. The molecule has 0 unspecified atom stereocenters. The summed E-state index contributed by atoms with van der Waals surface area (Å²) in [5, 5.41) is 27.2. The minimum absolute atomic E-state index is 0.0158. The monoisotopic (exact) mass is 823 g/mol. The van der Waals surface area contributed by atoms with Crippen molar-refractivity contribution in [2.24, 2.45) is 5.41 Å². The summed E-state index contributed by atoms with van der Waals surface area (Å²) in [5.41, 5.74) is 2.75. The molecule has 4 fully saturated rings. The fourth-order valence-electron chi connectivity index (χ4n) is 9.33. The number of ether oxygens (including phenoxy) is 4. The highest BCUT2D eigenvalue weighted by atomic mass is 16.8. The van der Waals surface area contributed by atoms with Crippen molar-refractivity contribution in [2.75, 3.05) is 13.2 Å². The van der Waals surface area contributed by atoms with Crippen LogP contribution in [0.3, 0.4) is 0 Å². The number of aromatic hydroxyl groups is 1. The fourth-order valence-corrected chi connectivity index (χ4v) is 9.33. The van der Waals surface area contributed by atoms with Gasteiger partial charge in [0.1, 0.15) is 41.2 Å². The number of para-hydroxylation sites is 1. The molecule has 3 aliphatic heterocycles. The second-order valence-electron chi connectivity index (χ2n) is 17.5. The van der Waals surface area contributed by atoms with Crippen molar-refractivity contribution in [1.82, 2.24) is 15.7 Å². The summed E-state index contributed by atoms with van der Waals surface area (Å²) in [5.74, 6) is -2.66. The Labute approximate surface area is 349 Å². The molecule has 3 saturated heterocycles. The molecule has 5 aliphatic rings. The van der Waals surface area contributed by atoms with Gasteiger partial charge in [0.05, 0.1) is 19.2 Å². The molecule has 0 radical (unpaired) electrons. The lowest BCUT2D eigenvalue weighted by Gasteiger charge is -2.48. The molecular weight excluding hydrogens is 771 g/mol. The zero-order valence-corrected chi connectivity index (χ0v) is 34.1. The van der Waals surface area contributed by atoms with Crippen molar-refractivity contribution in [1.29, 1.82) is 0 Å². The average molecular weight is 824 g/mol. The standard InChI is InChI=1S/C46H53N3O11/c1-44(2,3)57-37(53)20-19-33(27-50)48-36(52)21-22-47-43(55)46-25-35-38-39(59-45(58-38)23-31-11-4-5-12-32(31)24-45)41(46)60-49(40(46)42(54)56-35)26-29-17-15-28(16-18-29)9-8-13-30-10-6-7-14-34(30)51/h4-12,14-18,33,35,38-41,50-51H,13,19-27H2,1-3H3,(H,47,55)(H,48,52)/t33-,35+,38-,39-,40-,41+,46-/m0/s1. The van der Waals surface area contributed by atoms with E-state index in [0.717, 1.165) is 27.8 Å². The van der Waals surface area contributed by atoms with Gasteiger partial charge in [-0.15, -0.1) is 0 Å². The predicted molar refractivity (Wildman–Crippen MR) is 216 cm³/mol. The highest BCUT2D eigenvalue weighted by molar-refractivity contribution is 5.94. The molecule has 1 saturated carbocycles. The van der Waals surface area contributed by atoms with E-state index in [1.54, 1.807) is 32.9 Å². The Morgan fingerprint density at radius 2 is 1.67 bits per heavy atom. The van der Waals surface area contributed by atoms with Gasteiger partial charge in [-0.2, -0.15) is 5.06 Å². The van der Waals surface area contributed by atoms with Crippen molar-refractivity contribution < 1.29 is 53.2 Å². The first kappa shape index (κ1) is 41.6. The van der Waals surface area contributed by atoms with Gasteiger partial charge in [-0.05, 0) is 67.5 Å². The number of hydroxylamine groups is 2. The maximum Gasteiger partial charge on any atom is 0.327 e.